The van der Waals surface area contributed by atoms with Crippen LogP contribution in [0.5, 0.6) is 0 Å². The average molecular weight is 331 g/mol. The van der Waals surface area contributed by atoms with Crippen molar-refractivity contribution in [2.45, 2.75) is 26.7 Å². The summed E-state index contributed by atoms with van der Waals surface area (Å²) in [5.74, 6) is 0.0375. The maximum atomic E-state index is 6.11. The lowest BCUT2D eigenvalue weighted by atomic mass is 9.79. The zero-order chi connectivity index (χ0) is 18.1. The molecule has 25 heavy (non-hydrogen) atoms. The van der Waals surface area contributed by atoms with Crippen LogP contribution in [0.4, 0.5) is 17.1 Å². The van der Waals surface area contributed by atoms with E-state index in [-0.39, 0.29) is 5.92 Å². The highest BCUT2D eigenvalue weighted by Gasteiger charge is 2.22. The van der Waals surface area contributed by atoms with Crippen LogP contribution in [-0.2, 0) is 0 Å². The Bertz CT molecular complexity index is 806. The van der Waals surface area contributed by atoms with Gasteiger partial charge >= 0.3 is 0 Å². The van der Waals surface area contributed by atoms with Crippen LogP contribution >= 0.6 is 0 Å². The van der Waals surface area contributed by atoms with Crippen LogP contribution < -0.4 is 17.2 Å². The molecule has 0 spiro atoms. The maximum absolute atomic E-state index is 6.11. The molecule has 0 aliphatic carbocycles. The molecule has 128 valence electrons. The molecular weight excluding hydrogens is 306 g/mol. The number of benzene rings is 3. The Morgan fingerprint density at radius 1 is 0.520 bits per heavy atom. The first-order valence-electron chi connectivity index (χ1n) is 8.45. The minimum absolute atomic E-state index is 0.0375. The summed E-state index contributed by atoms with van der Waals surface area (Å²) in [4.78, 5) is 0. The highest BCUT2D eigenvalue weighted by molar-refractivity contribution is 5.59. The molecule has 0 amide bonds. The van der Waals surface area contributed by atoms with E-state index in [1.165, 1.54) is 33.4 Å². The Morgan fingerprint density at radius 3 is 1.08 bits per heavy atom. The SMILES string of the molecule is Cc1ccc(N)cc1C(c1cc(N)ccc1C)c1cc(N)ccc1C. The van der Waals surface area contributed by atoms with Crippen molar-refractivity contribution >= 4 is 17.1 Å². The van der Waals surface area contributed by atoms with Crippen molar-refractivity contribution in [3.05, 3.63) is 88.0 Å². The van der Waals surface area contributed by atoms with Crippen LogP contribution in [0.25, 0.3) is 0 Å². The summed E-state index contributed by atoms with van der Waals surface area (Å²) in [6, 6.07) is 18.2. The summed E-state index contributed by atoms with van der Waals surface area (Å²) >= 11 is 0. The monoisotopic (exact) mass is 331 g/mol. The number of hydrogen-bond acceptors (Lipinski definition) is 3. The van der Waals surface area contributed by atoms with Crippen LogP contribution in [0, 0.1) is 20.8 Å². The van der Waals surface area contributed by atoms with E-state index in [0.29, 0.717) is 0 Å². The van der Waals surface area contributed by atoms with E-state index >= 15 is 0 Å². The second-order valence-corrected chi connectivity index (χ2v) is 6.78. The fourth-order valence-electron chi connectivity index (χ4n) is 3.41. The average Bonchev–Trinajstić information content (AvgIpc) is 2.57. The standard InChI is InChI=1S/C22H25N3/c1-13-4-7-16(23)10-19(13)22(20-11-17(24)8-5-14(20)2)21-12-18(25)9-6-15(21)3/h4-12,22H,23-25H2,1-3H3. The molecule has 0 radical (unpaired) electrons. The Labute approximate surface area is 149 Å². The van der Waals surface area contributed by atoms with Gasteiger partial charge in [-0.3, -0.25) is 0 Å². The Hall–Kier alpha value is -2.94. The van der Waals surface area contributed by atoms with Gasteiger partial charge in [0.2, 0.25) is 0 Å². The Kier molecular flexibility index (Phi) is 4.41. The second kappa shape index (κ2) is 6.52. The molecule has 0 aliphatic rings. The third-order valence-electron chi connectivity index (χ3n) is 4.84. The molecule has 0 aliphatic heterocycles. The minimum atomic E-state index is 0.0375. The quantitative estimate of drug-likeness (QED) is 0.487. The zero-order valence-electron chi connectivity index (χ0n) is 15.0. The molecule has 0 atom stereocenters. The zero-order valence-corrected chi connectivity index (χ0v) is 15.0. The predicted octanol–water partition coefficient (Wildman–Crippen LogP) is 4.54. The fraction of sp³-hybridized carbons (Fsp3) is 0.182. The summed E-state index contributed by atoms with van der Waals surface area (Å²) in [6.45, 7) is 6.35. The predicted molar refractivity (Wildman–Crippen MR) is 108 cm³/mol. The maximum Gasteiger partial charge on any atom is 0.0350 e. The lowest BCUT2D eigenvalue weighted by molar-refractivity contribution is 0.939. The highest BCUT2D eigenvalue weighted by Crippen LogP contribution is 2.39. The lowest BCUT2D eigenvalue weighted by Gasteiger charge is -2.25. The molecule has 0 saturated heterocycles. The van der Waals surface area contributed by atoms with Gasteiger partial charge in [-0.2, -0.15) is 0 Å². The molecule has 3 nitrogen and oxygen atoms in total. The third kappa shape index (κ3) is 3.31. The van der Waals surface area contributed by atoms with Crippen molar-refractivity contribution < 1.29 is 0 Å². The van der Waals surface area contributed by atoms with Gasteiger partial charge in [0.05, 0.1) is 0 Å². The number of aryl methyl sites for hydroxylation is 3. The molecule has 3 aromatic rings. The molecule has 3 heteroatoms. The van der Waals surface area contributed by atoms with Crippen LogP contribution in [0.1, 0.15) is 39.3 Å². The van der Waals surface area contributed by atoms with Crippen LogP contribution in [0.2, 0.25) is 0 Å². The van der Waals surface area contributed by atoms with Gasteiger partial charge in [-0.25, -0.2) is 0 Å². The fourth-order valence-corrected chi connectivity index (χ4v) is 3.41. The lowest BCUT2D eigenvalue weighted by Crippen LogP contribution is -2.10. The van der Waals surface area contributed by atoms with Crippen molar-refractivity contribution in [3.8, 4) is 0 Å². The van der Waals surface area contributed by atoms with E-state index < -0.39 is 0 Å². The molecule has 0 aromatic heterocycles. The van der Waals surface area contributed by atoms with E-state index in [1.807, 2.05) is 18.2 Å². The number of hydrogen-bond donors (Lipinski definition) is 3. The van der Waals surface area contributed by atoms with E-state index in [1.54, 1.807) is 0 Å². The molecule has 0 heterocycles. The summed E-state index contributed by atoms with van der Waals surface area (Å²) in [6.07, 6.45) is 0. The van der Waals surface area contributed by atoms with Gasteiger partial charge in [0, 0.05) is 23.0 Å². The van der Waals surface area contributed by atoms with Crippen molar-refractivity contribution in [2.24, 2.45) is 0 Å². The number of rotatable bonds is 3. The number of nitrogen functional groups attached to an aromatic ring is 3. The second-order valence-electron chi connectivity index (χ2n) is 6.78. The van der Waals surface area contributed by atoms with Crippen molar-refractivity contribution in [3.63, 3.8) is 0 Å². The normalized spacial score (nSPS) is 11.0. The molecule has 0 fully saturated rings. The number of anilines is 3. The van der Waals surface area contributed by atoms with Crippen LogP contribution in [0.3, 0.4) is 0 Å². The molecular formula is C22H25N3. The molecule has 6 N–H and O–H groups in total. The smallest absolute Gasteiger partial charge is 0.0350 e. The summed E-state index contributed by atoms with van der Waals surface area (Å²) < 4.78 is 0. The topological polar surface area (TPSA) is 78.1 Å². The summed E-state index contributed by atoms with van der Waals surface area (Å²) in [5, 5.41) is 0. The molecule has 0 saturated carbocycles. The highest BCUT2D eigenvalue weighted by atomic mass is 14.6. The van der Waals surface area contributed by atoms with Gasteiger partial charge in [0.25, 0.3) is 0 Å². The first kappa shape index (κ1) is 16.9. The third-order valence-corrected chi connectivity index (χ3v) is 4.84. The van der Waals surface area contributed by atoms with Crippen molar-refractivity contribution in [1.82, 2.24) is 0 Å². The van der Waals surface area contributed by atoms with Gasteiger partial charge in [-0.05, 0) is 90.6 Å². The van der Waals surface area contributed by atoms with Gasteiger partial charge in [0.15, 0.2) is 0 Å². The minimum Gasteiger partial charge on any atom is -0.399 e. The van der Waals surface area contributed by atoms with Gasteiger partial charge in [-0.15, -0.1) is 0 Å². The molecule has 3 rings (SSSR count). The molecule has 0 unspecified atom stereocenters. The molecule has 0 bridgehead atoms. The van der Waals surface area contributed by atoms with Gasteiger partial charge < -0.3 is 17.2 Å². The van der Waals surface area contributed by atoms with Gasteiger partial charge in [-0.1, -0.05) is 18.2 Å². The first-order valence-corrected chi connectivity index (χ1v) is 8.45. The largest absolute Gasteiger partial charge is 0.399 e. The van der Waals surface area contributed by atoms with E-state index in [2.05, 4.69) is 57.2 Å². The number of nitrogens with two attached hydrogens (primary N) is 3. The van der Waals surface area contributed by atoms with Gasteiger partial charge in [0.1, 0.15) is 0 Å². The van der Waals surface area contributed by atoms with Crippen LogP contribution in [-0.4, -0.2) is 0 Å². The Morgan fingerprint density at radius 2 is 0.800 bits per heavy atom. The van der Waals surface area contributed by atoms with E-state index in [4.69, 9.17) is 17.2 Å². The van der Waals surface area contributed by atoms with Crippen LogP contribution in [0.15, 0.2) is 54.6 Å². The first-order chi connectivity index (χ1) is 11.9. The Balaban J connectivity index is 2.34. The van der Waals surface area contributed by atoms with Crippen molar-refractivity contribution in [2.75, 3.05) is 17.2 Å². The summed E-state index contributed by atoms with van der Waals surface area (Å²) in [7, 11) is 0. The van der Waals surface area contributed by atoms with E-state index in [0.717, 1.165) is 17.1 Å². The van der Waals surface area contributed by atoms with Crippen molar-refractivity contribution in [1.29, 1.82) is 0 Å². The summed E-state index contributed by atoms with van der Waals surface area (Å²) in [5.41, 5.74) is 27.7. The molecule has 3 aromatic carbocycles. The van der Waals surface area contributed by atoms with E-state index in [9.17, 15) is 0 Å².